The average Bonchev–Trinajstić information content (AvgIpc) is 2.45. The van der Waals surface area contributed by atoms with E-state index in [1.54, 1.807) is 20.1 Å². The van der Waals surface area contributed by atoms with Gasteiger partial charge >= 0.3 is 5.97 Å². The van der Waals surface area contributed by atoms with Crippen molar-refractivity contribution in [2.75, 3.05) is 20.3 Å². The van der Waals surface area contributed by atoms with E-state index in [0.717, 1.165) is 10.0 Å². The topological polar surface area (TPSA) is 64.6 Å². The molecule has 0 aliphatic carbocycles. The molecule has 0 aliphatic rings. The monoisotopic (exact) mass is 355 g/mol. The Balaban J connectivity index is 2.51. The van der Waals surface area contributed by atoms with Crippen LogP contribution in [0.2, 0.25) is 0 Å². The molecule has 0 spiro atoms. The minimum atomic E-state index is -0.324. The van der Waals surface area contributed by atoms with Gasteiger partial charge < -0.3 is 14.8 Å². The Morgan fingerprint density at radius 3 is 2.81 bits per heavy atom. The lowest BCUT2D eigenvalue weighted by molar-refractivity contribution is -0.142. The highest BCUT2D eigenvalue weighted by Gasteiger charge is 2.03. The van der Waals surface area contributed by atoms with E-state index in [9.17, 15) is 9.59 Å². The van der Waals surface area contributed by atoms with E-state index in [2.05, 4.69) is 21.2 Å². The van der Waals surface area contributed by atoms with Gasteiger partial charge in [0.15, 0.2) is 0 Å². The maximum atomic E-state index is 11.6. The van der Waals surface area contributed by atoms with Gasteiger partial charge in [0.25, 0.3) is 0 Å². The van der Waals surface area contributed by atoms with Crippen LogP contribution in [0, 0.1) is 0 Å². The number of hydrogen-bond acceptors (Lipinski definition) is 4. The zero-order valence-electron chi connectivity index (χ0n) is 12.0. The van der Waals surface area contributed by atoms with E-state index < -0.39 is 0 Å². The largest absolute Gasteiger partial charge is 0.496 e. The number of hydrogen-bond donors (Lipinski definition) is 1. The molecule has 0 saturated carbocycles. The summed E-state index contributed by atoms with van der Waals surface area (Å²) < 4.78 is 10.9. The Labute approximate surface area is 132 Å². The highest BCUT2D eigenvalue weighted by Crippen LogP contribution is 2.23. The summed E-state index contributed by atoms with van der Waals surface area (Å²) in [6.07, 6.45) is 3.21. The van der Waals surface area contributed by atoms with Crippen molar-refractivity contribution in [2.45, 2.75) is 13.3 Å². The maximum absolute atomic E-state index is 11.6. The average molecular weight is 356 g/mol. The summed E-state index contributed by atoms with van der Waals surface area (Å²) in [7, 11) is 1.57. The van der Waals surface area contributed by atoms with Crippen LogP contribution in [0.1, 0.15) is 18.9 Å². The molecule has 0 fully saturated rings. The summed E-state index contributed by atoms with van der Waals surface area (Å²) in [5.41, 5.74) is 0.785. The molecule has 1 N–H and O–H groups in total. The molecular formula is C15H18BrNO4. The fraction of sp³-hybridized carbons (Fsp3) is 0.333. The van der Waals surface area contributed by atoms with Crippen LogP contribution in [0.15, 0.2) is 28.7 Å². The molecule has 1 rings (SSSR count). The van der Waals surface area contributed by atoms with E-state index in [1.165, 1.54) is 6.08 Å². The first kappa shape index (κ1) is 17.2. The second-order valence-electron chi connectivity index (χ2n) is 4.07. The van der Waals surface area contributed by atoms with Crippen molar-refractivity contribution in [3.8, 4) is 5.75 Å². The van der Waals surface area contributed by atoms with E-state index >= 15 is 0 Å². The van der Waals surface area contributed by atoms with Crippen molar-refractivity contribution in [3.63, 3.8) is 0 Å². The quantitative estimate of drug-likeness (QED) is 0.602. The molecule has 0 unspecified atom stereocenters. The van der Waals surface area contributed by atoms with Crippen LogP contribution < -0.4 is 10.1 Å². The Morgan fingerprint density at radius 2 is 2.14 bits per heavy atom. The molecule has 5 nitrogen and oxygen atoms in total. The zero-order valence-corrected chi connectivity index (χ0v) is 13.6. The Hall–Kier alpha value is -1.82. The van der Waals surface area contributed by atoms with Crippen molar-refractivity contribution in [3.05, 3.63) is 34.3 Å². The van der Waals surface area contributed by atoms with E-state index in [0.29, 0.717) is 12.4 Å². The lowest BCUT2D eigenvalue weighted by atomic mass is 10.2. The third-order valence-corrected chi connectivity index (χ3v) is 3.03. The molecule has 114 valence electrons. The fourth-order valence-electron chi connectivity index (χ4n) is 1.58. The summed E-state index contributed by atoms with van der Waals surface area (Å²) >= 11 is 3.36. The van der Waals surface area contributed by atoms with Crippen molar-refractivity contribution in [2.24, 2.45) is 0 Å². The second-order valence-corrected chi connectivity index (χ2v) is 4.98. The number of ether oxygens (including phenoxy) is 2. The molecule has 0 radical (unpaired) electrons. The first-order valence-electron chi connectivity index (χ1n) is 6.52. The molecule has 0 aliphatic heterocycles. The molecule has 0 aromatic heterocycles. The van der Waals surface area contributed by atoms with Crippen LogP contribution in [0.4, 0.5) is 0 Å². The highest BCUT2D eigenvalue weighted by atomic mass is 79.9. The SMILES string of the molecule is CCOC(=O)CCNC(=O)C=Cc1cc(Br)ccc1OC. The van der Waals surface area contributed by atoms with Gasteiger partial charge in [-0.05, 0) is 31.2 Å². The number of halogens is 1. The van der Waals surface area contributed by atoms with Gasteiger partial charge in [0.1, 0.15) is 5.75 Å². The number of carbonyl (C=O) groups excluding carboxylic acids is 2. The van der Waals surface area contributed by atoms with E-state index in [1.807, 2.05) is 18.2 Å². The van der Waals surface area contributed by atoms with Crippen LogP contribution >= 0.6 is 15.9 Å². The normalized spacial score (nSPS) is 10.4. The van der Waals surface area contributed by atoms with Crippen molar-refractivity contribution < 1.29 is 19.1 Å². The number of amides is 1. The van der Waals surface area contributed by atoms with Gasteiger partial charge in [-0.15, -0.1) is 0 Å². The third kappa shape index (κ3) is 6.44. The van der Waals surface area contributed by atoms with Crippen molar-refractivity contribution in [1.82, 2.24) is 5.32 Å². The summed E-state index contributed by atoms with van der Waals surface area (Å²) in [5.74, 6) is 0.0746. The Kier molecular flexibility index (Phi) is 7.53. The summed E-state index contributed by atoms with van der Waals surface area (Å²) in [6.45, 7) is 2.33. The smallest absolute Gasteiger partial charge is 0.307 e. The molecule has 21 heavy (non-hydrogen) atoms. The molecule has 1 aromatic rings. The maximum Gasteiger partial charge on any atom is 0.307 e. The number of nitrogens with one attached hydrogen (secondary N) is 1. The van der Waals surface area contributed by atoms with Crippen LogP contribution in [0.5, 0.6) is 5.75 Å². The summed E-state index contributed by atoms with van der Waals surface area (Å²) in [6, 6.07) is 5.51. The predicted molar refractivity (Wildman–Crippen MR) is 84.0 cm³/mol. The lowest BCUT2D eigenvalue weighted by Crippen LogP contribution is -2.24. The third-order valence-electron chi connectivity index (χ3n) is 2.54. The zero-order chi connectivity index (χ0) is 15.7. The molecule has 0 bridgehead atoms. The predicted octanol–water partition coefficient (Wildman–Crippen LogP) is 2.54. The number of benzene rings is 1. The molecule has 1 aromatic carbocycles. The van der Waals surface area contributed by atoms with Crippen LogP contribution in [-0.2, 0) is 14.3 Å². The minimum Gasteiger partial charge on any atom is -0.496 e. The lowest BCUT2D eigenvalue weighted by Gasteiger charge is -2.05. The van der Waals surface area contributed by atoms with Crippen molar-refractivity contribution in [1.29, 1.82) is 0 Å². The first-order valence-corrected chi connectivity index (χ1v) is 7.31. The molecule has 0 heterocycles. The van der Waals surface area contributed by atoms with Gasteiger partial charge in [0.2, 0.25) is 5.91 Å². The number of rotatable bonds is 7. The second kappa shape index (κ2) is 9.18. The van der Waals surface area contributed by atoms with Crippen LogP contribution in [-0.4, -0.2) is 32.1 Å². The summed E-state index contributed by atoms with van der Waals surface area (Å²) in [5, 5.41) is 2.62. The van der Waals surface area contributed by atoms with Gasteiger partial charge in [0.05, 0.1) is 20.1 Å². The Bertz CT molecular complexity index is 528. The summed E-state index contributed by atoms with van der Waals surface area (Å²) in [4.78, 5) is 22.7. The standard InChI is InChI=1S/C15H18BrNO4/c1-3-21-15(19)8-9-17-14(18)7-4-11-10-12(16)5-6-13(11)20-2/h4-7,10H,3,8-9H2,1-2H3,(H,17,18). The molecule has 1 amide bonds. The van der Waals surface area contributed by atoms with Gasteiger partial charge in [0, 0.05) is 22.7 Å². The van der Waals surface area contributed by atoms with Gasteiger partial charge in [-0.25, -0.2) is 0 Å². The van der Waals surface area contributed by atoms with Crippen LogP contribution in [0.25, 0.3) is 6.08 Å². The molecule has 6 heteroatoms. The van der Waals surface area contributed by atoms with Gasteiger partial charge in [-0.3, -0.25) is 9.59 Å². The fourth-order valence-corrected chi connectivity index (χ4v) is 1.96. The molecule has 0 saturated heterocycles. The Morgan fingerprint density at radius 1 is 1.38 bits per heavy atom. The first-order chi connectivity index (χ1) is 10.1. The van der Waals surface area contributed by atoms with Gasteiger partial charge in [-0.1, -0.05) is 15.9 Å². The van der Waals surface area contributed by atoms with E-state index in [-0.39, 0.29) is 24.8 Å². The van der Waals surface area contributed by atoms with Crippen molar-refractivity contribution >= 4 is 33.9 Å². The van der Waals surface area contributed by atoms with E-state index in [4.69, 9.17) is 9.47 Å². The number of esters is 1. The van der Waals surface area contributed by atoms with Gasteiger partial charge in [-0.2, -0.15) is 0 Å². The van der Waals surface area contributed by atoms with Crippen LogP contribution in [0.3, 0.4) is 0 Å². The minimum absolute atomic E-state index is 0.160. The molecular weight excluding hydrogens is 338 g/mol. The highest BCUT2D eigenvalue weighted by molar-refractivity contribution is 9.10. The number of carbonyl (C=O) groups is 2. The molecule has 0 atom stereocenters. The number of methoxy groups -OCH3 is 1.